The van der Waals surface area contributed by atoms with Crippen molar-refractivity contribution in [1.82, 2.24) is 14.5 Å². The number of nitrogens with zero attached hydrogens (tertiary/aromatic N) is 2. The Kier molecular flexibility index (Phi) is 4.50. The van der Waals surface area contributed by atoms with E-state index in [1.54, 1.807) is 4.90 Å². The van der Waals surface area contributed by atoms with Crippen LogP contribution < -0.4 is 15.9 Å². The van der Waals surface area contributed by atoms with Crippen molar-refractivity contribution in [1.29, 1.82) is 0 Å². The highest BCUT2D eigenvalue weighted by Crippen LogP contribution is 2.24. The van der Waals surface area contributed by atoms with E-state index in [0.29, 0.717) is 13.1 Å². The first kappa shape index (κ1) is 16.0. The maximum absolute atomic E-state index is 12.5. The summed E-state index contributed by atoms with van der Waals surface area (Å²) in [5.41, 5.74) is -0.373. The molecule has 0 saturated heterocycles. The van der Waals surface area contributed by atoms with Gasteiger partial charge in [0.15, 0.2) is 0 Å². The minimum Gasteiger partial charge on any atom is -0.489 e. The second-order valence-electron chi connectivity index (χ2n) is 5.85. The first-order valence-electron chi connectivity index (χ1n) is 7.85. The molecule has 1 atom stereocenters. The Morgan fingerprint density at radius 1 is 1.33 bits per heavy atom. The fraction of sp³-hybridized carbons (Fsp3) is 0.353. The van der Waals surface area contributed by atoms with Crippen LogP contribution in [0.4, 0.5) is 0 Å². The zero-order chi connectivity index (χ0) is 17.1. The van der Waals surface area contributed by atoms with Crippen molar-refractivity contribution < 1.29 is 9.53 Å². The topological polar surface area (TPSA) is 84.4 Å². The third-order valence-electron chi connectivity index (χ3n) is 3.98. The number of hydrogen-bond donors (Lipinski definition) is 1. The van der Waals surface area contributed by atoms with Crippen LogP contribution in [-0.4, -0.2) is 33.0 Å². The van der Waals surface area contributed by atoms with Gasteiger partial charge in [0.1, 0.15) is 11.9 Å². The van der Waals surface area contributed by atoms with Gasteiger partial charge in [0.25, 0.3) is 0 Å². The van der Waals surface area contributed by atoms with Gasteiger partial charge in [-0.2, -0.15) is 0 Å². The van der Waals surface area contributed by atoms with Gasteiger partial charge in [-0.15, -0.1) is 0 Å². The van der Waals surface area contributed by atoms with Gasteiger partial charge in [-0.05, 0) is 13.0 Å². The lowest BCUT2D eigenvalue weighted by atomic mass is 10.2. The van der Waals surface area contributed by atoms with Crippen LogP contribution in [0.15, 0.2) is 46.2 Å². The molecule has 7 heteroatoms. The van der Waals surface area contributed by atoms with Crippen molar-refractivity contribution in [2.75, 3.05) is 6.54 Å². The molecule has 1 aromatic heterocycles. The van der Waals surface area contributed by atoms with Gasteiger partial charge >= 0.3 is 11.1 Å². The molecular weight excluding hydrogens is 310 g/mol. The molecule has 1 aliphatic heterocycles. The normalized spacial score (nSPS) is 16.9. The number of rotatable bonds is 3. The molecule has 1 N–H and O–H groups in total. The van der Waals surface area contributed by atoms with E-state index in [2.05, 4.69) is 4.98 Å². The third kappa shape index (κ3) is 3.40. The molecule has 0 radical (unpaired) electrons. The monoisotopic (exact) mass is 329 g/mol. The van der Waals surface area contributed by atoms with E-state index < -0.39 is 11.1 Å². The number of hydrogen-bond acceptors (Lipinski definition) is 4. The summed E-state index contributed by atoms with van der Waals surface area (Å²) in [5.74, 6) is 0.723. The highest BCUT2D eigenvalue weighted by atomic mass is 16.5. The Balaban J connectivity index is 1.72. The second-order valence-corrected chi connectivity index (χ2v) is 5.85. The molecule has 1 aliphatic rings. The number of aryl methyl sites for hydroxylation is 1. The van der Waals surface area contributed by atoms with Crippen molar-refractivity contribution in [2.24, 2.45) is 0 Å². The maximum Gasteiger partial charge on any atom is 0.316 e. The Labute approximate surface area is 138 Å². The molecule has 126 valence electrons. The van der Waals surface area contributed by atoms with Crippen molar-refractivity contribution in [2.45, 2.75) is 32.5 Å². The number of carbonyl (C=O) groups is 1. The average molecular weight is 329 g/mol. The number of H-pyrrole nitrogens is 1. The predicted octanol–water partition coefficient (Wildman–Crippen LogP) is 0.736. The summed E-state index contributed by atoms with van der Waals surface area (Å²) in [6.45, 7) is 3.06. The van der Waals surface area contributed by atoms with Crippen molar-refractivity contribution in [3.63, 3.8) is 0 Å². The Morgan fingerprint density at radius 2 is 2.12 bits per heavy atom. The van der Waals surface area contributed by atoms with Gasteiger partial charge in [0, 0.05) is 37.5 Å². The summed E-state index contributed by atoms with van der Waals surface area (Å²) in [5, 5.41) is 0. The lowest BCUT2D eigenvalue weighted by molar-refractivity contribution is -0.132. The molecule has 0 fully saturated rings. The second kappa shape index (κ2) is 6.74. The maximum atomic E-state index is 12.5. The summed E-state index contributed by atoms with van der Waals surface area (Å²) >= 11 is 0. The first-order chi connectivity index (χ1) is 11.5. The van der Waals surface area contributed by atoms with Crippen LogP contribution in [-0.2, 0) is 17.9 Å². The van der Waals surface area contributed by atoms with E-state index >= 15 is 0 Å². The Hall–Kier alpha value is -2.83. The molecule has 1 amide bonds. The number of ether oxygens (including phenoxy) is 1. The SMILES string of the molecule is CC1CN(C(=O)CCn2cc[nH]c(=O)c2=O)Cc2ccccc2O1. The number of aromatic nitrogens is 2. The van der Waals surface area contributed by atoms with Crippen molar-refractivity contribution in [3.8, 4) is 5.75 Å². The van der Waals surface area contributed by atoms with Gasteiger partial charge in [-0.3, -0.25) is 14.4 Å². The minimum absolute atomic E-state index is 0.0747. The van der Waals surface area contributed by atoms with Crippen molar-refractivity contribution >= 4 is 5.91 Å². The van der Waals surface area contributed by atoms with Gasteiger partial charge in [0.2, 0.25) is 5.91 Å². The molecule has 24 heavy (non-hydrogen) atoms. The Morgan fingerprint density at radius 3 is 2.96 bits per heavy atom. The first-order valence-corrected chi connectivity index (χ1v) is 7.85. The summed E-state index contributed by atoms with van der Waals surface area (Å²) in [4.78, 5) is 39.6. The number of nitrogens with one attached hydrogen (secondary N) is 1. The number of aromatic amines is 1. The van der Waals surface area contributed by atoms with E-state index in [1.807, 2.05) is 31.2 Å². The van der Waals surface area contributed by atoms with Crippen LogP contribution in [0.3, 0.4) is 0 Å². The molecule has 3 rings (SSSR count). The number of carbonyl (C=O) groups excluding carboxylic acids is 1. The van der Waals surface area contributed by atoms with Crippen LogP contribution >= 0.6 is 0 Å². The molecular formula is C17H19N3O4. The van der Waals surface area contributed by atoms with Gasteiger partial charge < -0.3 is 19.2 Å². The summed E-state index contributed by atoms with van der Waals surface area (Å²) in [6.07, 6.45) is 2.91. The van der Waals surface area contributed by atoms with Crippen LogP contribution in [0.2, 0.25) is 0 Å². The van der Waals surface area contributed by atoms with E-state index in [-0.39, 0.29) is 25.0 Å². The fourth-order valence-corrected chi connectivity index (χ4v) is 2.79. The average Bonchev–Trinajstić information content (AvgIpc) is 2.74. The number of benzene rings is 1. The van der Waals surface area contributed by atoms with E-state index in [4.69, 9.17) is 4.74 Å². The van der Waals surface area contributed by atoms with E-state index in [0.717, 1.165) is 11.3 Å². The van der Waals surface area contributed by atoms with Crippen LogP contribution in [0.5, 0.6) is 5.75 Å². The number of para-hydroxylation sites is 1. The largest absolute Gasteiger partial charge is 0.489 e. The molecule has 2 aromatic rings. The van der Waals surface area contributed by atoms with E-state index in [1.165, 1.54) is 17.0 Å². The smallest absolute Gasteiger partial charge is 0.316 e. The zero-order valence-electron chi connectivity index (χ0n) is 13.4. The van der Waals surface area contributed by atoms with Crippen LogP contribution in [0, 0.1) is 0 Å². The molecule has 7 nitrogen and oxygen atoms in total. The van der Waals surface area contributed by atoms with Gasteiger partial charge in [0.05, 0.1) is 6.54 Å². The quantitative estimate of drug-likeness (QED) is 0.842. The number of fused-ring (bicyclic) bond motifs is 1. The van der Waals surface area contributed by atoms with Crippen LogP contribution in [0.1, 0.15) is 18.9 Å². The predicted molar refractivity (Wildman–Crippen MR) is 87.9 cm³/mol. The molecule has 1 unspecified atom stereocenters. The molecule has 0 saturated carbocycles. The van der Waals surface area contributed by atoms with Crippen molar-refractivity contribution in [3.05, 3.63) is 62.9 Å². The lowest BCUT2D eigenvalue weighted by Gasteiger charge is -2.22. The summed E-state index contributed by atoms with van der Waals surface area (Å²) < 4.78 is 7.09. The molecule has 0 spiro atoms. The molecule has 0 aliphatic carbocycles. The van der Waals surface area contributed by atoms with E-state index in [9.17, 15) is 14.4 Å². The zero-order valence-corrected chi connectivity index (χ0v) is 13.4. The highest BCUT2D eigenvalue weighted by molar-refractivity contribution is 5.76. The molecule has 0 bridgehead atoms. The Bertz CT molecular complexity index is 855. The fourth-order valence-electron chi connectivity index (χ4n) is 2.79. The van der Waals surface area contributed by atoms with Gasteiger partial charge in [-0.25, -0.2) is 0 Å². The minimum atomic E-state index is -0.685. The van der Waals surface area contributed by atoms with Crippen LogP contribution in [0.25, 0.3) is 0 Å². The number of amides is 1. The summed E-state index contributed by atoms with van der Waals surface area (Å²) in [6, 6.07) is 7.66. The molecule has 2 heterocycles. The standard InChI is InChI=1S/C17H19N3O4/c1-12-10-20(11-13-4-2-3-5-14(13)24-12)15(21)6-8-19-9-7-18-16(22)17(19)23/h2-5,7,9,12H,6,8,10-11H2,1H3,(H,18,22). The highest BCUT2D eigenvalue weighted by Gasteiger charge is 2.23. The summed E-state index contributed by atoms with van der Waals surface area (Å²) in [7, 11) is 0. The van der Waals surface area contributed by atoms with Gasteiger partial charge in [-0.1, -0.05) is 18.2 Å². The molecule has 1 aromatic carbocycles. The lowest BCUT2D eigenvalue weighted by Crippen LogP contribution is -2.39. The third-order valence-corrected chi connectivity index (χ3v) is 3.98.